The maximum atomic E-state index is 13.8. The molecule has 0 aliphatic carbocycles. The largest absolute Gasteiger partial charge is 0.487 e. The summed E-state index contributed by atoms with van der Waals surface area (Å²) in [7, 11) is 0. The monoisotopic (exact) mass is 466 g/mol. The van der Waals surface area contributed by atoms with E-state index < -0.39 is 11.6 Å². The van der Waals surface area contributed by atoms with Gasteiger partial charge in [-0.25, -0.2) is 8.78 Å². The smallest absolute Gasteiger partial charge is 0.259 e. The van der Waals surface area contributed by atoms with Crippen LogP contribution in [-0.4, -0.2) is 35.2 Å². The zero-order valence-corrected chi connectivity index (χ0v) is 18.0. The summed E-state index contributed by atoms with van der Waals surface area (Å²) in [6.07, 6.45) is 0.703. The number of nitrogens with zero attached hydrogens (tertiary/aromatic N) is 2. The van der Waals surface area contributed by atoms with Crippen LogP contribution in [0.4, 0.5) is 8.78 Å². The Morgan fingerprint density at radius 2 is 1.84 bits per heavy atom. The number of benzene rings is 2. The molecule has 5 nitrogen and oxygen atoms in total. The number of amides is 1. The number of aromatic nitrogens is 1. The van der Waals surface area contributed by atoms with Crippen molar-refractivity contribution in [3.8, 4) is 17.0 Å². The summed E-state index contributed by atoms with van der Waals surface area (Å²) in [5.41, 5.74) is 1.04. The first-order valence-electron chi connectivity index (χ1n) is 9.66. The van der Waals surface area contributed by atoms with Gasteiger partial charge in [0.2, 0.25) is 0 Å². The molecule has 0 atom stereocenters. The predicted molar refractivity (Wildman–Crippen MR) is 113 cm³/mol. The van der Waals surface area contributed by atoms with Crippen LogP contribution in [0.2, 0.25) is 10.0 Å². The molecule has 0 spiro atoms. The molecular formula is C22H18Cl2F2N2O3. The molecule has 4 rings (SSSR count). The van der Waals surface area contributed by atoms with Crippen LogP contribution in [0.1, 0.15) is 29.0 Å². The third-order valence-electron chi connectivity index (χ3n) is 5.19. The van der Waals surface area contributed by atoms with Crippen LogP contribution in [-0.2, 0) is 0 Å². The molecule has 0 unspecified atom stereocenters. The van der Waals surface area contributed by atoms with Gasteiger partial charge in [-0.3, -0.25) is 4.79 Å². The van der Waals surface area contributed by atoms with E-state index in [1.54, 1.807) is 30.0 Å². The average Bonchev–Trinajstić information content (AvgIpc) is 3.11. The SMILES string of the molecule is Cc1onc(-c2c(Cl)cccc2Cl)c1C(=O)N1CCC(Oc2ccc(F)cc2F)CC1. The fraction of sp³-hybridized carbons (Fsp3) is 0.273. The van der Waals surface area contributed by atoms with Crippen molar-refractivity contribution in [1.29, 1.82) is 0 Å². The van der Waals surface area contributed by atoms with E-state index in [0.29, 0.717) is 58.6 Å². The number of hydrogen-bond donors (Lipinski definition) is 0. The lowest BCUT2D eigenvalue weighted by Crippen LogP contribution is -2.42. The lowest BCUT2D eigenvalue weighted by molar-refractivity contribution is 0.0587. The van der Waals surface area contributed by atoms with Gasteiger partial charge in [0, 0.05) is 37.6 Å². The molecule has 1 fully saturated rings. The molecule has 9 heteroatoms. The summed E-state index contributed by atoms with van der Waals surface area (Å²) in [6, 6.07) is 8.23. The molecule has 2 aromatic carbocycles. The molecular weight excluding hydrogens is 449 g/mol. The maximum Gasteiger partial charge on any atom is 0.259 e. The highest BCUT2D eigenvalue weighted by Gasteiger charge is 2.31. The van der Waals surface area contributed by atoms with E-state index in [2.05, 4.69) is 5.16 Å². The van der Waals surface area contributed by atoms with Crippen LogP contribution in [0.15, 0.2) is 40.9 Å². The summed E-state index contributed by atoms with van der Waals surface area (Å²) in [5.74, 6) is -1.31. The van der Waals surface area contributed by atoms with Crippen LogP contribution in [0, 0.1) is 18.6 Å². The van der Waals surface area contributed by atoms with Gasteiger partial charge in [0.25, 0.3) is 5.91 Å². The lowest BCUT2D eigenvalue weighted by Gasteiger charge is -2.32. The molecule has 2 heterocycles. The van der Waals surface area contributed by atoms with E-state index in [0.717, 1.165) is 12.1 Å². The Bertz CT molecular complexity index is 1110. The number of likely N-dealkylation sites (tertiary alicyclic amines) is 1. The summed E-state index contributed by atoms with van der Waals surface area (Å²) < 4.78 is 37.9. The van der Waals surface area contributed by atoms with Crippen molar-refractivity contribution in [2.24, 2.45) is 0 Å². The van der Waals surface area contributed by atoms with Gasteiger partial charge in [0.15, 0.2) is 11.6 Å². The van der Waals surface area contributed by atoms with Crippen molar-refractivity contribution in [3.05, 3.63) is 69.4 Å². The van der Waals surface area contributed by atoms with Crippen molar-refractivity contribution >= 4 is 29.1 Å². The highest BCUT2D eigenvalue weighted by atomic mass is 35.5. The van der Waals surface area contributed by atoms with Crippen LogP contribution in [0.25, 0.3) is 11.3 Å². The third kappa shape index (κ3) is 4.38. The minimum Gasteiger partial charge on any atom is -0.487 e. The highest BCUT2D eigenvalue weighted by Crippen LogP contribution is 2.37. The number of ether oxygens (including phenoxy) is 1. The van der Waals surface area contributed by atoms with E-state index >= 15 is 0 Å². The second kappa shape index (κ2) is 8.85. The third-order valence-corrected chi connectivity index (χ3v) is 5.82. The lowest BCUT2D eigenvalue weighted by atomic mass is 10.0. The van der Waals surface area contributed by atoms with Crippen molar-refractivity contribution in [3.63, 3.8) is 0 Å². The Hall–Kier alpha value is -2.64. The first-order valence-corrected chi connectivity index (χ1v) is 10.4. The molecule has 0 radical (unpaired) electrons. The molecule has 1 amide bonds. The number of piperidine rings is 1. The van der Waals surface area contributed by atoms with Gasteiger partial charge in [-0.2, -0.15) is 0 Å². The Morgan fingerprint density at radius 1 is 1.16 bits per heavy atom. The number of aryl methyl sites for hydroxylation is 1. The molecule has 3 aromatic rings. The highest BCUT2D eigenvalue weighted by molar-refractivity contribution is 6.39. The number of hydrogen-bond acceptors (Lipinski definition) is 4. The molecule has 162 valence electrons. The Balaban J connectivity index is 1.49. The zero-order valence-electron chi connectivity index (χ0n) is 16.5. The molecule has 1 aliphatic heterocycles. The minimum atomic E-state index is -0.750. The average molecular weight is 467 g/mol. The van der Waals surface area contributed by atoms with Gasteiger partial charge in [-0.1, -0.05) is 34.4 Å². The topological polar surface area (TPSA) is 55.6 Å². The zero-order chi connectivity index (χ0) is 22.1. The van der Waals surface area contributed by atoms with Crippen LogP contribution in [0.3, 0.4) is 0 Å². The summed E-state index contributed by atoms with van der Waals surface area (Å²) >= 11 is 12.6. The van der Waals surface area contributed by atoms with Gasteiger partial charge in [-0.05, 0) is 31.2 Å². The first kappa shape index (κ1) is 21.6. The van der Waals surface area contributed by atoms with E-state index in [1.165, 1.54) is 6.07 Å². The molecule has 1 saturated heterocycles. The van der Waals surface area contributed by atoms with Crippen LogP contribution in [0.5, 0.6) is 5.75 Å². The normalized spacial score (nSPS) is 14.7. The Morgan fingerprint density at radius 3 is 2.48 bits per heavy atom. The van der Waals surface area contributed by atoms with Crippen molar-refractivity contribution in [2.45, 2.75) is 25.9 Å². The van der Waals surface area contributed by atoms with E-state index in [-0.39, 0.29) is 17.8 Å². The summed E-state index contributed by atoms with van der Waals surface area (Å²) in [5, 5.41) is 4.75. The fourth-order valence-corrected chi connectivity index (χ4v) is 4.18. The maximum absolute atomic E-state index is 13.8. The second-order valence-electron chi connectivity index (χ2n) is 7.24. The summed E-state index contributed by atoms with van der Waals surface area (Å²) in [4.78, 5) is 14.9. The van der Waals surface area contributed by atoms with Gasteiger partial charge >= 0.3 is 0 Å². The summed E-state index contributed by atoms with van der Waals surface area (Å²) in [6.45, 7) is 2.45. The first-order chi connectivity index (χ1) is 14.8. The van der Waals surface area contributed by atoms with Crippen molar-refractivity contribution in [1.82, 2.24) is 10.1 Å². The molecule has 0 bridgehead atoms. The fourth-order valence-electron chi connectivity index (χ4n) is 3.60. The number of carbonyl (C=O) groups excluding carboxylic acids is 1. The van der Waals surface area contributed by atoms with E-state index in [9.17, 15) is 13.6 Å². The van der Waals surface area contributed by atoms with E-state index in [4.69, 9.17) is 32.5 Å². The van der Waals surface area contributed by atoms with E-state index in [1.807, 2.05) is 0 Å². The molecule has 1 aromatic heterocycles. The number of carbonyl (C=O) groups is 1. The Labute approximate surface area is 187 Å². The molecule has 0 N–H and O–H groups in total. The van der Waals surface area contributed by atoms with Gasteiger partial charge in [0.05, 0.1) is 10.0 Å². The molecule has 31 heavy (non-hydrogen) atoms. The minimum absolute atomic E-state index is 0.00305. The van der Waals surface area contributed by atoms with Crippen LogP contribution < -0.4 is 4.74 Å². The predicted octanol–water partition coefficient (Wildman–Crippen LogP) is 5.92. The van der Waals surface area contributed by atoms with Crippen LogP contribution >= 0.6 is 23.2 Å². The van der Waals surface area contributed by atoms with Crippen molar-refractivity contribution < 1.29 is 22.8 Å². The molecule has 0 saturated carbocycles. The molecule has 1 aliphatic rings. The number of halogens is 4. The van der Waals surface area contributed by atoms with Crippen molar-refractivity contribution in [2.75, 3.05) is 13.1 Å². The number of rotatable bonds is 4. The standard InChI is InChI=1S/C22H18Cl2F2N2O3/c1-12-19(21(27-31-12)20-15(23)3-2-4-16(20)24)22(29)28-9-7-14(8-10-28)30-18-6-5-13(25)11-17(18)26/h2-6,11,14H,7-10H2,1H3. The Kier molecular flexibility index (Phi) is 6.16. The second-order valence-corrected chi connectivity index (χ2v) is 8.06. The quantitative estimate of drug-likeness (QED) is 0.478. The van der Waals surface area contributed by atoms with Gasteiger partial charge in [-0.15, -0.1) is 0 Å². The van der Waals surface area contributed by atoms with Gasteiger partial charge < -0.3 is 14.2 Å². The van der Waals surface area contributed by atoms with Gasteiger partial charge in [0.1, 0.15) is 28.9 Å².